The van der Waals surface area contributed by atoms with Crippen molar-refractivity contribution in [1.29, 1.82) is 5.26 Å². The van der Waals surface area contributed by atoms with Gasteiger partial charge in [-0.15, -0.1) is 0 Å². The summed E-state index contributed by atoms with van der Waals surface area (Å²) in [5, 5.41) is 13.1. The highest BCUT2D eigenvalue weighted by molar-refractivity contribution is 5.96. The third-order valence-electron chi connectivity index (χ3n) is 4.80. The highest BCUT2D eigenvalue weighted by Gasteiger charge is 2.15. The molecule has 7 nitrogen and oxygen atoms in total. The van der Waals surface area contributed by atoms with Crippen molar-refractivity contribution in [3.8, 4) is 17.3 Å². The zero-order chi connectivity index (χ0) is 21.1. The molecule has 0 radical (unpaired) electrons. The Kier molecular flexibility index (Phi) is 5.18. The summed E-state index contributed by atoms with van der Waals surface area (Å²) < 4.78 is 14.2. The van der Waals surface area contributed by atoms with Gasteiger partial charge in [0.2, 0.25) is 0 Å². The fourth-order valence-electron chi connectivity index (χ4n) is 3.44. The van der Waals surface area contributed by atoms with Gasteiger partial charge in [-0.2, -0.15) is 5.26 Å². The van der Waals surface area contributed by atoms with Crippen LogP contribution in [0.25, 0.3) is 22.2 Å². The van der Waals surface area contributed by atoms with Crippen molar-refractivity contribution in [3.63, 3.8) is 0 Å². The molecule has 3 heterocycles. The number of aromatic nitrogens is 4. The van der Waals surface area contributed by atoms with Crippen LogP contribution < -0.4 is 11.1 Å². The molecular formula is C22H18FN7. The zero-order valence-corrected chi connectivity index (χ0v) is 16.2. The summed E-state index contributed by atoms with van der Waals surface area (Å²) in [7, 11) is 0. The third kappa shape index (κ3) is 3.61. The van der Waals surface area contributed by atoms with E-state index in [0.717, 1.165) is 27.9 Å². The maximum Gasteiger partial charge on any atom is 0.149 e. The van der Waals surface area contributed by atoms with Crippen LogP contribution in [-0.4, -0.2) is 26.5 Å². The lowest BCUT2D eigenvalue weighted by atomic mass is 9.96. The SMILES string of the molecule is Cc1cc(F)cc2c(-c3ccccn3)c(CCNc3ncnc(N)c3C#N)cnc12. The van der Waals surface area contributed by atoms with E-state index in [0.29, 0.717) is 24.2 Å². The Bertz CT molecular complexity index is 1270. The van der Waals surface area contributed by atoms with Crippen molar-refractivity contribution in [2.75, 3.05) is 17.6 Å². The summed E-state index contributed by atoms with van der Waals surface area (Å²) in [4.78, 5) is 17.0. The van der Waals surface area contributed by atoms with Crippen molar-refractivity contribution in [1.82, 2.24) is 19.9 Å². The number of anilines is 2. The Hall–Kier alpha value is -4.12. The summed E-state index contributed by atoms with van der Waals surface area (Å²) in [5.41, 5.74) is 9.94. The molecule has 0 unspecified atom stereocenters. The van der Waals surface area contributed by atoms with Gasteiger partial charge < -0.3 is 11.1 Å². The molecule has 148 valence electrons. The van der Waals surface area contributed by atoms with Gasteiger partial charge in [-0.25, -0.2) is 14.4 Å². The molecule has 4 rings (SSSR count). The highest BCUT2D eigenvalue weighted by atomic mass is 19.1. The van der Waals surface area contributed by atoms with E-state index in [1.165, 1.54) is 18.5 Å². The van der Waals surface area contributed by atoms with Crippen LogP contribution in [0.1, 0.15) is 16.7 Å². The van der Waals surface area contributed by atoms with Gasteiger partial charge in [-0.05, 0) is 48.7 Å². The number of hydrogen-bond acceptors (Lipinski definition) is 7. The molecular weight excluding hydrogens is 381 g/mol. The Morgan fingerprint density at radius 3 is 2.80 bits per heavy atom. The second kappa shape index (κ2) is 8.09. The molecule has 0 amide bonds. The minimum absolute atomic E-state index is 0.127. The molecule has 0 saturated carbocycles. The molecule has 8 heteroatoms. The highest BCUT2D eigenvalue weighted by Crippen LogP contribution is 2.32. The minimum Gasteiger partial charge on any atom is -0.382 e. The van der Waals surface area contributed by atoms with Gasteiger partial charge in [0.15, 0.2) is 0 Å². The molecule has 3 aromatic heterocycles. The molecule has 0 aliphatic heterocycles. The first-order valence-corrected chi connectivity index (χ1v) is 9.32. The standard InChI is InChI=1S/C22H18FN7/c1-13-8-15(23)9-16-19(18-4-2-3-6-26-18)14(11-28-20(13)16)5-7-27-22-17(10-24)21(25)29-12-30-22/h2-4,6,8-9,11-12H,5,7H2,1H3,(H3,25,27,29,30). The molecule has 3 N–H and O–H groups in total. The minimum atomic E-state index is -0.315. The Morgan fingerprint density at radius 2 is 2.03 bits per heavy atom. The van der Waals surface area contributed by atoms with Gasteiger partial charge in [-0.3, -0.25) is 9.97 Å². The third-order valence-corrected chi connectivity index (χ3v) is 4.80. The van der Waals surface area contributed by atoms with E-state index in [9.17, 15) is 9.65 Å². The topological polar surface area (TPSA) is 113 Å². The lowest BCUT2D eigenvalue weighted by Crippen LogP contribution is -2.11. The summed E-state index contributed by atoms with van der Waals surface area (Å²) in [5.74, 6) is 0.187. The predicted molar refractivity (Wildman–Crippen MR) is 113 cm³/mol. The second-order valence-electron chi connectivity index (χ2n) is 6.76. The van der Waals surface area contributed by atoms with Gasteiger partial charge in [-0.1, -0.05) is 6.07 Å². The summed E-state index contributed by atoms with van der Waals surface area (Å²) in [6.45, 7) is 2.30. The summed E-state index contributed by atoms with van der Waals surface area (Å²) in [6, 6.07) is 10.6. The van der Waals surface area contributed by atoms with E-state index >= 15 is 0 Å². The lowest BCUT2D eigenvalue weighted by molar-refractivity contribution is 0.628. The van der Waals surface area contributed by atoms with Crippen LogP contribution in [0.3, 0.4) is 0 Å². The lowest BCUT2D eigenvalue weighted by Gasteiger charge is -2.14. The number of hydrogen-bond donors (Lipinski definition) is 2. The molecule has 0 bridgehead atoms. The van der Waals surface area contributed by atoms with Crippen LogP contribution in [0, 0.1) is 24.1 Å². The molecule has 0 saturated heterocycles. The van der Waals surface area contributed by atoms with E-state index in [1.807, 2.05) is 31.2 Å². The van der Waals surface area contributed by atoms with Crippen LogP contribution in [-0.2, 0) is 6.42 Å². The monoisotopic (exact) mass is 399 g/mol. The fourth-order valence-corrected chi connectivity index (χ4v) is 3.44. The quantitative estimate of drug-likeness (QED) is 0.527. The number of nitrogen functional groups attached to an aromatic ring is 1. The van der Waals surface area contributed by atoms with Crippen molar-refractivity contribution in [2.45, 2.75) is 13.3 Å². The molecule has 0 aliphatic carbocycles. The van der Waals surface area contributed by atoms with Crippen LogP contribution in [0.2, 0.25) is 0 Å². The van der Waals surface area contributed by atoms with Gasteiger partial charge in [0.05, 0.1) is 11.2 Å². The van der Waals surface area contributed by atoms with E-state index in [4.69, 9.17) is 5.73 Å². The first-order valence-electron chi connectivity index (χ1n) is 9.32. The zero-order valence-electron chi connectivity index (χ0n) is 16.2. The number of halogens is 1. The number of pyridine rings is 2. The van der Waals surface area contributed by atoms with E-state index in [1.54, 1.807) is 12.4 Å². The van der Waals surface area contributed by atoms with Crippen LogP contribution >= 0.6 is 0 Å². The first-order chi connectivity index (χ1) is 14.6. The predicted octanol–water partition coefficient (Wildman–Crippen LogP) is 3.64. The number of nitrogens with zero attached hydrogens (tertiary/aromatic N) is 5. The summed E-state index contributed by atoms with van der Waals surface area (Å²) in [6.07, 6.45) is 5.36. The fraction of sp³-hybridized carbons (Fsp3) is 0.136. The molecule has 0 atom stereocenters. The van der Waals surface area contributed by atoms with Crippen molar-refractivity contribution in [3.05, 3.63) is 71.6 Å². The molecule has 0 spiro atoms. The van der Waals surface area contributed by atoms with E-state index in [-0.39, 0.29) is 17.2 Å². The van der Waals surface area contributed by atoms with Gasteiger partial charge in [0.25, 0.3) is 0 Å². The normalized spacial score (nSPS) is 10.7. The average Bonchev–Trinajstić information content (AvgIpc) is 2.74. The van der Waals surface area contributed by atoms with Gasteiger partial charge in [0.1, 0.15) is 35.4 Å². The van der Waals surface area contributed by atoms with Crippen molar-refractivity contribution in [2.24, 2.45) is 0 Å². The number of benzene rings is 1. The number of nitrogens with one attached hydrogen (secondary N) is 1. The Balaban J connectivity index is 1.73. The largest absolute Gasteiger partial charge is 0.382 e. The summed E-state index contributed by atoms with van der Waals surface area (Å²) >= 11 is 0. The molecule has 0 aliphatic rings. The first kappa shape index (κ1) is 19.2. The number of nitrogens with two attached hydrogens (primary N) is 1. The molecule has 0 fully saturated rings. The molecule has 4 aromatic rings. The van der Waals surface area contributed by atoms with Gasteiger partial charge >= 0.3 is 0 Å². The Morgan fingerprint density at radius 1 is 1.17 bits per heavy atom. The maximum atomic E-state index is 14.2. The molecule has 1 aromatic carbocycles. The van der Waals surface area contributed by atoms with Gasteiger partial charge in [0, 0.05) is 29.9 Å². The average molecular weight is 399 g/mol. The number of rotatable bonds is 5. The van der Waals surface area contributed by atoms with Crippen LogP contribution in [0.15, 0.2) is 49.1 Å². The maximum absolute atomic E-state index is 14.2. The molecule has 30 heavy (non-hydrogen) atoms. The van der Waals surface area contributed by atoms with Crippen molar-refractivity contribution >= 4 is 22.5 Å². The van der Waals surface area contributed by atoms with E-state index < -0.39 is 0 Å². The van der Waals surface area contributed by atoms with Crippen molar-refractivity contribution < 1.29 is 4.39 Å². The Labute approximate surface area is 172 Å². The second-order valence-corrected chi connectivity index (χ2v) is 6.76. The van der Waals surface area contributed by atoms with Crippen LogP contribution in [0.5, 0.6) is 0 Å². The van der Waals surface area contributed by atoms with Crippen LogP contribution in [0.4, 0.5) is 16.0 Å². The number of aryl methyl sites for hydroxylation is 1. The smallest absolute Gasteiger partial charge is 0.149 e. The number of nitriles is 1. The number of fused-ring (bicyclic) bond motifs is 1. The van der Waals surface area contributed by atoms with E-state index in [2.05, 4.69) is 25.3 Å².